The van der Waals surface area contributed by atoms with E-state index in [-0.39, 0.29) is 17.6 Å². The van der Waals surface area contributed by atoms with Crippen LogP contribution in [0, 0.1) is 11.6 Å². The first-order valence-electron chi connectivity index (χ1n) is 8.85. The molecule has 1 aliphatic heterocycles. The molecule has 0 bridgehead atoms. The molecule has 0 aromatic heterocycles. The largest absolute Gasteiger partial charge is 0.495 e. The van der Waals surface area contributed by atoms with Gasteiger partial charge in [-0.25, -0.2) is 13.6 Å². The molecule has 1 heterocycles. The smallest absolute Gasteiger partial charge is 0.463 e. The van der Waals surface area contributed by atoms with Crippen LogP contribution in [0.2, 0.25) is 0 Å². The topological polar surface area (TPSA) is 44.8 Å². The van der Waals surface area contributed by atoms with Crippen molar-refractivity contribution in [3.63, 3.8) is 0 Å². The SMILES string of the molecule is CCOC(=O)/C=C/C=C(\C)c1c(F)cc(B2OC(C)(C)C(C)(C)O2)cc1F. The summed E-state index contributed by atoms with van der Waals surface area (Å²) in [6, 6.07) is 2.43. The number of allylic oxidation sites excluding steroid dienone is 3. The second-order valence-electron chi connectivity index (χ2n) is 7.41. The third-order valence-corrected chi connectivity index (χ3v) is 4.85. The number of carbonyl (C=O) groups excluding carboxylic acids is 1. The van der Waals surface area contributed by atoms with Crippen LogP contribution in [0.15, 0.2) is 30.4 Å². The molecule has 27 heavy (non-hydrogen) atoms. The van der Waals surface area contributed by atoms with Crippen LogP contribution in [0.3, 0.4) is 0 Å². The molecule has 0 saturated carbocycles. The Kier molecular flexibility index (Phi) is 6.27. The lowest BCUT2D eigenvalue weighted by atomic mass is 9.78. The molecular formula is C20H25BF2O4. The Balaban J connectivity index is 2.26. The summed E-state index contributed by atoms with van der Waals surface area (Å²) in [5, 5.41) is 0. The van der Waals surface area contributed by atoms with Crippen molar-refractivity contribution < 1.29 is 27.6 Å². The zero-order valence-electron chi connectivity index (χ0n) is 16.6. The number of hydrogen-bond donors (Lipinski definition) is 0. The molecular weight excluding hydrogens is 353 g/mol. The average molecular weight is 378 g/mol. The molecule has 0 aliphatic carbocycles. The highest BCUT2D eigenvalue weighted by Gasteiger charge is 2.52. The molecule has 2 rings (SSSR count). The first-order chi connectivity index (χ1) is 12.5. The number of halogens is 2. The molecule has 1 aromatic carbocycles. The number of benzene rings is 1. The quantitative estimate of drug-likeness (QED) is 0.339. The van der Waals surface area contributed by atoms with Gasteiger partial charge >= 0.3 is 13.1 Å². The molecule has 0 spiro atoms. The van der Waals surface area contributed by atoms with E-state index in [0.29, 0.717) is 5.57 Å². The molecule has 0 amide bonds. The molecule has 0 radical (unpaired) electrons. The van der Waals surface area contributed by atoms with Crippen LogP contribution < -0.4 is 5.46 Å². The minimum atomic E-state index is -0.846. The van der Waals surface area contributed by atoms with Gasteiger partial charge in [0, 0.05) is 11.6 Å². The van der Waals surface area contributed by atoms with Crippen LogP contribution in [0.5, 0.6) is 0 Å². The Morgan fingerprint density at radius 3 is 2.15 bits per heavy atom. The molecule has 0 N–H and O–H groups in total. The Bertz CT molecular complexity index is 745. The van der Waals surface area contributed by atoms with Crippen molar-refractivity contribution >= 4 is 24.1 Å². The van der Waals surface area contributed by atoms with E-state index in [9.17, 15) is 13.6 Å². The zero-order chi connectivity index (χ0) is 20.4. The molecule has 146 valence electrons. The summed E-state index contributed by atoms with van der Waals surface area (Å²) >= 11 is 0. The molecule has 1 aliphatic rings. The minimum absolute atomic E-state index is 0.163. The molecule has 0 atom stereocenters. The molecule has 1 aromatic rings. The van der Waals surface area contributed by atoms with E-state index in [2.05, 4.69) is 0 Å². The minimum Gasteiger partial charge on any atom is -0.463 e. The monoisotopic (exact) mass is 378 g/mol. The van der Waals surface area contributed by atoms with E-state index < -0.39 is 35.9 Å². The molecule has 1 saturated heterocycles. The normalized spacial score (nSPS) is 19.0. The van der Waals surface area contributed by atoms with Gasteiger partial charge in [0.15, 0.2) is 0 Å². The Morgan fingerprint density at radius 1 is 1.15 bits per heavy atom. The molecule has 0 unspecified atom stereocenters. The van der Waals surface area contributed by atoms with Gasteiger partial charge in [0.05, 0.1) is 17.8 Å². The van der Waals surface area contributed by atoms with Crippen molar-refractivity contribution in [2.75, 3.05) is 6.61 Å². The summed E-state index contributed by atoms with van der Waals surface area (Å²) in [5.41, 5.74) is -0.745. The third-order valence-electron chi connectivity index (χ3n) is 4.85. The average Bonchev–Trinajstić information content (AvgIpc) is 2.75. The van der Waals surface area contributed by atoms with Gasteiger partial charge in [-0.2, -0.15) is 0 Å². The number of esters is 1. The summed E-state index contributed by atoms with van der Waals surface area (Å²) < 4.78 is 45.6. The van der Waals surface area contributed by atoms with Crippen molar-refractivity contribution in [2.24, 2.45) is 0 Å². The van der Waals surface area contributed by atoms with Crippen LogP contribution in [-0.2, 0) is 18.8 Å². The van der Waals surface area contributed by atoms with Gasteiger partial charge < -0.3 is 14.0 Å². The highest BCUT2D eigenvalue weighted by atomic mass is 19.1. The summed E-state index contributed by atoms with van der Waals surface area (Å²) in [6.07, 6.45) is 4.04. The second kappa shape index (κ2) is 7.94. The molecule has 7 heteroatoms. The van der Waals surface area contributed by atoms with Crippen molar-refractivity contribution in [1.82, 2.24) is 0 Å². The van der Waals surface area contributed by atoms with Crippen LogP contribution in [0.4, 0.5) is 8.78 Å². The summed E-state index contributed by atoms with van der Waals surface area (Å²) in [5.74, 6) is -1.96. The van der Waals surface area contributed by atoms with Crippen molar-refractivity contribution in [2.45, 2.75) is 52.7 Å². The molecule has 1 fully saturated rings. The van der Waals surface area contributed by atoms with E-state index in [1.807, 2.05) is 27.7 Å². The van der Waals surface area contributed by atoms with Gasteiger partial charge in [0.2, 0.25) is 0 Å². The highest BCUT2D eigenvalue weighted by Crippen LogP contribution is 2.36. The van der Waals surface area contributed by atoms with Gasteiger partial charge in [-0.1, -0.05) is 12.2 Å². The van der Waals surface area contributed by atoms with E-state index in [0.717, 1.165) is 0 Å². The van der Waals surface area contributed by atoms with Gasteiger partial charge in [-0.05, 0) is 64.7 Å². The van der Waals surface area contributed by atoms with E-state index >= 15 is 0 Å². The maximum absolute atomic E-state index is 14.6. The number of carbonyl (C=O) groups is 1. The van der Waals surface area contributed by atoms with Gasteiger partial charge in [-0.15, -0.1) is 0 Å². The fourth-order valence-electron chi connectivity index (χ4n) is 2.63. The number of hydrogen-bond acceptors (Lipinski definition) is 4. The van der Waals surface area contributed by atoms with Crippen LogP contribution in [0.25, 0.3) is 5.57 Å². The van der Waals surface area contributed by atoms with E-state index in [1.165, 1.54) is 30.4 Å². The lowest BCUT2D eigenvalue weighted by Gasteiger charge is -2.32. The van der Waals surface area contributed by atoms with Gasteiger partial charge in [-0.3, -0.25) is 0 Å². The summed E-state index contributed by atoms with van der Waals surface area (Å²) in [6.45, 7) is 11.0. The van der Waals surface area contributed by atoms with Crippen molar-refractivity contribution in [1.29, 1.82) is 0 Å². The summed E-state index contributed by atoms with van der Waals surface area (Å²) in [7, 11) is -0.846. The van der Waals surface area contributed by atoms with Crippen molar-refractivity contribution in [3.8, 4) is 0 Å². The second-order valence-corrected chi connectivity index (χ2v) is 7.41. The predicted octanol–water partition coefficient (Wildman–Crippen LogP) is 3.79. The highest BCUT2D eigenvalue weighted by molar-refractivity contribution is 6.62. The van der Waals surface area contributed by atoms with E-state index in [4.69, 9.17) is 14.0 Å². The standard InChI is InChI=1S/C20H25BF2O4/c1-7-25-17(24)10-8-9-13(2)18-15(22)11-14(12-16(18)23)21-26-19(3,4)20(5,6)27-21/h8-12H,7H2,1-6H3/b10-8+,13-9+. The molecule has 4 nitrogen and oxygen atoms in total. The van der Waals surface area contributed by atoms with E-state index in [1.54, 1.807) is 13.8 Å². The Morgan fingerprint density at radius 2 is 1.67 bits per heavy atom. The van der Waals surface area contributed by atoms with Crippen LogP contribution in [0.1, 0.15) is 47.1 Å². The third kappa shape index (κ3) is 4.65. The van der Waals surface area contributed by atoms with Crippen LogP contribution in [-0.4, -0.2) is 30.9 Å². The first kappa shape index (κ1) is 21.3. The fourth-order valence-corrected chi connectivity index (χ4v) is 2.63. The van der Waals surface area contributed by atoms with Crippen molar-refractivity contribution in [3.05, 3.63) is 47.6 Å². The Labute approximate surface area is 159 Å². The maximum atomic E-state index is 14.6. The lowest BCUT2D eigenvalue weighted by molar-refractivity contribution is -0.137. The van der Waals surface area contributed by atoms with Crippen LogP contribution >= 0.6 is 0 Å². The van der Waals surface area contributed by atoms with Gasteiger partial charge in [0.1, 0.15) is 11.6 Å². The fraction of sp³-hybridized carbons (Fsp3) is 0.450. The first-order valence-corrected chi connectivity index (χ1v) is 8.85. The Hall–Kier alpha value is -1.99. The number of ether oxygens (including phenoxy) is 1. The lowest BCUT2D eigenvalue weighted by Crippen LogP contribution is -2.41. The maximum Gasteiger partial charge on any atom is 0.495 e. The van der Waals surface area contributed by atoms with Gasteiger partial charge in [0.25, 0.3) is 0 Å². The zero-order valence-corrected chi connectivity index (χ0v) is 16.6. The number of rotatable bonds is 5. The summed E-state index contributed by atoms with van der Waals surface area (Å²) in [4.78, 5) is 11.3. The predicted molar refractivity (Wildman–Crippen MR) is 101 cm³/mol.